The molecule has 0 saturated heterocycles. The molecule has 8 heteroatoms. The third-order valence-electron chi connectivity index (χ3n) is 4.03. The zero-order chi connectivity index (χ0) is 19.1. The number of carbonyl (C=O) groups is 1. The van der Waals surface area contributed by atoms with E-state index in [-0.39, 0.29) is 10.7 Å². The van der Waals surface area contributed by atoms with Crippen molar-refractivity contribution < 1.29 is 13.7 Å². The second kappa shape index (κ2) is 6.75. The minimum absolute atomic E-state index is 0.116. The molecule has 0 atom stereocenters. The fraction of sp³-hybridized carbons (Fsp3) is 0.105. The molecule has 0 saturated carbocycles. The van der Waals surface area contributed by atoms with Gasteiger partial charge in [-0.2, -0.15) is 0 Å². The molecule has 1 aromatic carbocycles. The van der Waals surface area contributed by atoms with E-state index in [4.69, 9.17) is 16.1 Å². The summed E-state index contributed by atoms with van der Waals surface area (Å²) in [6.45, 7) is 3.74. The summed E-state index contributed by atoms with van der Waals surface area (Å²) in [5, 5.41) is 7.29. The molecule has 0 radical (unpaired) electrons. The van der Waals surface area contributed by atoms with Gasteiger partial charge in [0.15, 0.2) is 0 Å². The number of anilines is 1. The molecule has 4 aromatic rings. The maximum Gasteiger partial charge on any atom is 0.259 e. The number of nitrogens with one attached hydrogen (secondary N) is 1. The third kappa shape index (κ3) is 3.31. The Bertz CT molecular complexity index is 1190. The number of pyridine rings is 1. The van der Waals surface area contributed by atoms with Crippen LogP contribution in [-0.2, 0) is 0 Å². The molecule has 0 bridgehead atoms. The van der Waals surface area contributed by atoms with Gasteiger partial charge < -0.3 is 9.84 Å². The van der Waals surface area contributed by atoms with Crippen LogP contribution in [0.25, 0.3) is 21.7 Å². The van der Waals surface area contributed by atoms with E-state index in [0.717, 1.165) is 15.8 Å². The molecule has 0 aliphatic carbocycles. The Morgan fingerprint density at radius 1 is 1.22 bits per heavy atom. The van der Waals surface area contributed by atoms with Gasteiger partial charge >= 0.3 is 0 Å². The molecule has 0 aliphatic heterocycles. The molecule has 0 fully saturated rings. The standard InChI is InChI=1S/C19H13ClFN3O2S/c1-9-3-6-16(27-9)15-8-12(17-10(2)24-26-19(17)23-15)18(25)22-14-5-4-11(21)7-13(14)20/h3-8H,1-2H3,(H,22,25). The van der Waals surface area contributed by atoms with Crippen molar-refractivity contribution in [1.82, 2.24) is 10.1 Å². The summed E-state index contributed by atoms with van der Waals surface area (Å²) >= 11 is 7.59. The van der Waals surface area contributed by atoms with Crippen LogP contribution in [0.2, 0.25) is 5.02 Å². The second-order valence-corrected chi connectivity index (χ2v) is 7.69. The monoisotopic (exact) mass is 401 g/mol. The van der Waals surface area contributed by atoms with Gasteiger partial charge in [0.05, 0.1) is 37.9 Å². The number of amides is 1. The predicted octanol–water partition coefficient (Wildman–Crippen LogP) is 5.61. The van der Waals surface area contributed by atoms with Crippen molar-refractivity contribution >= 4 is 45.6 Å². The first-order valence-corrected chi connectivity index (χ1v) is 9.22. The van der Waals surface area contributed by atoms with Gasteiger partial charge in [0.25, 0.3) is 11.6 Å². The highest BCUT2D eigenvalue weighted by atomic mass is 35.5. The van der Waals surface area contributed by atoms with Gasteiger partial charge in [-0.15, -0.1) is 11.3 Å². The van der Waals surface area contributed by atoms with Gasteiger partial charge in [0, 0.05) is 4.88 Å². The molecular formula is C19H13ClFN3O2S. The lowest BCUT2D eigenvalue weighted by molar-refractivity contribution is 0.102. The number of fused-ring (bicyclic) bond motifs is 1. The van der Waals surface area contributed by atoms with Crippen molar-refractivity contribution in [1.29, 1.82) is 0 Å². The molecule has 3 heterocycles. The van der Waals surface area contributed by atoms with E-state index >= 15 is 0 Å². The van der Waals surface area contributed by atoms with Crippen LogP contribution in [-0.4, -0.2) is 16.0 Å². The average molecular weight is 402 g/mol. The van der Waals surface area contributed by atoms with Crippen molar-refractivity contribution in [2.45, 2.75) is 13.8 Å². The number of aryl methyl sites for hydroxylation is 2. The Morgan fingerprint density at radius 3 is 2.74 bits per heavy atom. The molecule has 4 rings (SSSR count). The van der Waals surface area contributed by atoms with Gasteiger partial charge in [-0.05, 0) is 50.2 Å². The summed E-state index contributed by atoms with van der Waals surface area (Å²) in [5.74, 6) is -0.883. The van der Waals surface area contributed by atoms with E-state index in [1.807, 2.05) is 19.1 Å². The SMILES string of the molecule is Cc1ccc(-c2cc(C(=O)Nc3ccc(F)cc3Cl)c3c(C)noc3n2)s1. The molecule has 3 aromatic heterocycles. The summed E-state index contributed by atoms with van der Waals surface area (Å²) < 4.78 is 18.5. The number of halogens is 2. The number of hydrogen-bond donors (Lipinski definition) is 1. The van der Waals surface area contributed by atoms with Crippen LogP contribution in [0.1, 0.15) is 20.9 Å². The molecular weight excluding hydrogens is 389 g/mol. The topological polar surface area (TPSA) is 68.0 Å². The molecule has 0 unspecified atom stereocenters. The molecule has 1 amide bonds. The third-order valence-corrected chi connectivity index (χ3v) is 5.37. The first-order valence-electron chi connectivity index (χ1n) is 8.02. The summed E-state index contributed by atoms with van der Waals surface area (Å²) in [6.07, 6.45) is 0. The molecule has 27 heavy (non-hydrogen) atoms. The van der Waals surface area contributed by atoms with E-state index in [9.17, 15) is 9.18 Å². The van der Waals surface area contributed by atoms with Gasteiger partial charge in [-0.25, -0.2) is 9.37 Å². The number of nitrogens with zero attached hydrogens (tertiary/aromatic N) is 2. The Morgan fingerprint density at radius 2 is 2.04 bits per heavy atom. The van der Waals surface area contributed by atoms with Crippen LogP contribution < -0.4 is 5.32 Å². The summed E-state index contributed by atoms with van der Waals surface area (Å²) in [7, 11) is 0. The predicted molar refractivity (Wildman–Crippen MR) is 104 cm³/mol. The maximum atomic E-state index is 13.2. The van der Waals surface area contributed by atoms with E-state index in [1.165, 1.54) is 12.1 Å². The minimum Gasteiger partial charge on any atom is -0.335 e. The normalized spacial score (nSPS) is 11.1. The first-order chi connectivity index (χ1) is 12.9. The van der Waals surface area contributed by atoms with Crippen LogP contribution in [0.3, 0.4) is 0 Å². The quantitative estimate of drug-likeness (QED) is 0.484. The number of benzene rings is 1. The molecule has 136 valence electrons. The molecule has 0 aliphatic rings. The number of aromatic nitrogens is 2. The van der Waals surface area contributed by atoms with Crippen molar-refractivity contribution in [3.63, 3.8) is 0 Å². The largest absolute Gasteiger partial charge is 0.335 e. The minimum atomic E-state index is -0.477. The maximum absolute atomic E-state index is 13.2. The van der Waals surface area contributed by atoms with E-state index in [0.29, 0.717) is 28.0 Å². The van der Waals surface area contributed by atoms with E-state index in [2.05, 4.69) is 15.5 Å². The second-order valence-electron chi connectivity index (χ2n) is 5.99. The van der Waals surface area contributed by atoms with Crippen LogP contribution in [0.5, 0.6) is 0 Å². The lowest BCUT2D eigenvalue weighted by Gasteiger charge is -2.09. The number of thiophene rings is 1. The molecule has 1 N–H and O–H groups in total. The van der Waals surface area contributed by atoms with Gasteiger partial charge in [-0.1, -0.05) is 16.8 Å². The first kappa shape index (κ1) is 17.6. The fourth-order valence-corrected chi connectivity index (χ4v) is 3.80. The summed E-state index contributed by atoms with van der Waals surface area (Å²) in [6, 6.07) is 9.41. The van der Waals surface area contributed by atoms with Crippen LogP contribution >= 0.6 is 22.9 Å². The summed E-state index contributed by atoms with van der Waals surface area (Å²) in [5.41, 5.74) is 2.14. The smallest absolute Gasteiger partial charge is 0.259 e. The Kier molecular flexibility index (Phi) is 4.41. The Labute approximate surface area is 162 Å². The fourth-order valence-electron chi connectivity index (χ4n) is 2.75. The molecule has 5 nitrogen and oxygen atoms in total. The van der Waals surface area contributed by atoms with E-state index in [1.54, 1.807) is 24.3 Å². The highest BCUT2D eigenvalue weighted by Crippen LogP contribution is 2.32. The van der Waals surface area contributed by atoms with Crippen molar-refractivity contribution in [3.05, 3.63) is 63.4 Å². The van der Waals surface area contributed by atoms with Crippen molar-refractivity contribution in [3.8, 4) is 10.6 Å². The highest BCUT2D eigenvalue weighted by Gasteiger charge is 2.20. The van der Waals surface area contributed by atoms with Crippen molar-refractivity contribution in [2.75, 3.05) is 5.32 Å². The Hall–Kier alpha value is -2.77. The molecule has 0 spiro atoms. The zero-order valence-electron chi connectivity index (χ0n) is 14.3. The van der Waals surface area contributed by atoms with Gasteiger partial charge in [0.1, 0.15) is 5.82 Å². The van der Waals surface area contributed by atoms with Crippen molar-refractivity contribution in [2.24, 2.45) is 0 Å². The number of carbonyl (C=O) groups excluding carboxylic acids is 1. The van der Waals surface area contributed by atoms with Gasteiger partial charge in [0.2, 0.25) is 0 Å². The lowest BCUT2D eigenvalue weighted by atomic mass is 10.1. The zero-order valence-corrected chi connectivity index (χ0v) is 15.9. The van der Waals surface area contributed by atoms with Crippen LogP contribution in [0, 0.1) is 19.7 Å². The van der Waals surface area contributed by atoms with Gasteiger partial charge in [-0.3, -0.25) is 4.79 Å². The number of hydrogen-bond acceptors (Lipinski definition) is 5. The highest BCUT2D eigenvalue weighted by molar-refractivity contribution is 7.15. The lowest BCUT2D eigenvalue weighted by Crippen LogP contribution is -2.13. The Balaban J connectivity index is 1.81. The summed E-state index contributed by atoms with van der Waals surface area (Å²) in [4.78, 5) is 19.5. The average Bonchev–Trinajstić information content (AvgIpc) is 3.23. The van der Waals surface area contributed by atoms with Crippen LogP contribution in [0.4, 0.5) is 10.1 Å². The van der Waals surface area contributed by atoms with Crippen LogP contribution in [0.15, 0.2) is 40.9 Å². The van der Waals surface area contributed by atoms with E-state index < -0.39 is 11.7 Å². The number of rotatable bonds is 3.